The quantitative estimate of drug-likeness (QED) is 0.791. The van der Waals surface area contributed by atoms with E-state index in [9.17, 15) is 0 Å². The molecule has 1 N–H and O–H groups in total. The van der Waals surface area contributed by atoms with Crippen molar-refractivity contribution < 1.29 is 9.47 Å². The molecule has 0 radical (unpaired) electrons. The van der Waals surface area contributed by atoms with E-state index in [0.29, 0.717) is 12.0 Å². The van der Waals surface area contributed by atoms with Gasteiger partial charge in [0.1, 0.15) is 18.0 Å². The fourth-order valence-electron chi connectivity index (χ4n) is 2.83. The SMILES string of the molecule is CCCNC1CC(Oc2ccc(C(C)CC)cc2)C1OC. The van der Waals surface area contributed by atoms with Crippen LogP contribution < -0.4 is 10.1 Å². The van der Waals surface area contributed by atoms with Crippen molar-refractivity contribution in [3.8, 4) is 5.75 Å². The third kappa shape index (κ3) is 3.98. The molecular formula is C18H29NO2. The summed E-state index contributed by atoms with van der Waals surface area (Å²) in [7, 11) is 1.77. The van der Waals surface area contributed by atoms with Crippen LogP contribution in [0.4, 0.5) is 0 Å². The van der Waals surface area contributed by atoms with Gasteiger partial charge < -0.3 is 14.8 Å². The summed E-state index contributed by atoms with van der Waals surface area (Å²) in [6.07, 6.45) is 3.66. The normalized spacial score (nSPS) is 26.2. The monoisotopic (exact) mass is 291 g/mol. The van der Waals surface area contributed by atoms with Crippen LogP contribution in [-0.2, 0) is 4.74 Å². The van der Waals surface area contributed by atoms with E-state index in [0.717, 1.165) is 25.1 Å². The molecule has 0 heterocycles. The number of methoxy groups -OCH3 is 1. The van der Waals surface area contributed by atoms with Crippen molar-refractivity contribution in [2.24, 2.45) is 0 Å². The zero-order valence-electron chi connectivity index (χ0n) is 13.8. The fourth-order valence-corrected chi connectivity index (χ4v) is 2.83. The van der Waals surface area contributed by atoms with Crippen LogP contribution in [0.1, 0.15) is 51.5 Å². The number of ether oxygens (including phenoxy) is 2. The van der Waals surface area contributed by atoms with Gasteiger partial charge in [0.05, 0.1) is 0 Å². The summed E-state index contributed by atoms with van der Waals surface area (Å²) >= 11 is 0. The Bertz CT molecular complexity index is 418. The van der Waals surface area contributed by atoms with Crippen LogP contribution >= 0.6 is 0 Å². The van der Waals surface area contributed by atoms with Gasteiger partial charge in [-0.25, -0.2) is 0 Å². The van der Waals surface area contributed by atoms with E-state index >= 15 is 0 Å². The topological polar surface area (TPSA) is 30.5 Å². The first kappa shape index (κ1) is 16.3. The molecule has 0 bridgehead atoms. The second-order valence-electron chi connectivity index (χ2n) is 6.03. The summed E-state index contributed by atoms with van der Waals surface area (Å²) in [5, 5.41) is 3.51. The van der Waals surface area contributed by atoms with Crippen molar-refractivity contribution in [1.82, 2.24) is 5.32 Å². The highest BCUT2D eigenvalue weighted by atomic mass is 16.5. The molecule has 4 atom stereocenters. The Labute approximate surface area is 129 Å². The summed E-state index contributed by atoms with van der Waals surface area (Å²) in [6.45, 7) is 7.70. The van der Waals surface area contributed by atoms with Gasteiger partial charge in [0.15, 0.2) is 0 Å². The van der Waals surface area contributed by atoms with E-state index in [4.69, 9.17) is 9.47 Å². The standard InChI is InChI=1S/C18H29NO2/c1-5-11-19-16-12-17(18(16)20-4)21-15-9-7-14(8-10-15)13(3)6-2/h7-10,13,16-19H,5-6,11-12H2,1-4H3. The summed E-state index contributed by atoms with van der Waals surface area (Å²) in [4.78, 5) is 0. The van der Waals surface area contributed by atoms with E-state index in [1.807, 2.05) is 0 Å². The van der Waals surface area contributed by atoms with Crippen molar-refractivity contribution in [2.75, 3.05) is 13.7 Å². The highest BCUT2D eigenvalue weighted by Crippen LogP contribution is 2.29. The molecular weight excluding hydrogens is 262 g/mol. The van der Waals surface area contributed by atoms with Crippen LogP contribution in [0.2, 0.25) is 0 Å². The van der Waals surface area contributed by atoms with Crippen LogP contribution in [0, 0.1) is 0 Å². The molecule has 1 aromatic carbocycles. The lowest BCUT2D eigenvalue weighted by Crippen LogP contribution is -2.61. The summed E-state index contributed by atoms with van der Waals surface area (Å²) in [6, 6.07) is 8.95. The van der Waals surface area contributed by atoms with Crippen molar-refractivity contribution in [2.45, 2.75) is 64.2 Å². The van der Waals surface area contributed by atoms with Gasteiger partial charge in [-0.2, -0.15) is 0 Å². The Hall–Kier alpha value is -1.06. The highest BCUT2D eigenvalue weighted by Gasteiger charge is 2.42. The Kier molecular flexibility index (Phi) is 6.07. The van der Waals surface area contributed by atoms with E-state index in [2.05, 4.69) is 50.4 Å². The molecule has 1 fully saturated rings. The van der Waals surface area contributed by atoms with Crippen molar-refractivity contribution in [3.63, 3.8) is 0 Å². The van der Waals surface area contributed by atoms with E-state index in [-0.39, 0.29) is 12.2 Å². The molecule has 2 rings (SSSR count). The number of hydrogen-bond acceptors (Lipinski definition) is 3. The smallest absolute Gasteiger partial charge is 0.128 e. The average molecular weight is 291 g/mol. The molecule has 0 saturated heterocycles. The number of nitrogens with one attached hydrogen (secondary N) is 1. The minimum absolute atomic E-state index is 0.158. The Morgan fingerprint density at radius 3 is 2.52 bits per heavy atom. The van der Waals surface area contributed by atoms with Gasteiger partial charge in [-0.15, -0.1) is 0 Å². The Morgan fingerprint density at radius 2 is 1.95 bits per heavy atom. The van der Waals surface area contributed by atoms with Crippen LogP contribution in [-0.4, -0.2) is 31.9 Å². The fraction of sp³-hybridized carbons (Fsp3) is 0.667. The maximum atomic E-state index is 6.07. The lowest BCUT2D eigenvalue weighted by molar-refractivity contribution is -0.0887. The lowest BCUT2D eigenvalue weighted by Gasteiger charge is -2.43. The summed E-state index contributed by atoms with van der Waals surface area (Å²) in [5.41, 5.74) is 1.38. The summed E-state index contributed by atoms with van der Waals surface area (Å²) < 4.78 is 11.6. The lowest BCUT2D eigenvalue weighted by atomic mass is 9.85. The minimum Gasteiger partial charge on any atom is -0.488 e. The van der Waals surface area contributed by atoms with Crippen LogP contribution in [0.3, 0.4) is 0 Å². The third-order valence-corrected chi connectivity index (χ3v) is 4.53. The molecule has 3 heteroatoms. The van der Waals surface area contributed by atoms with Crippen molar-refractivity contribution >= 4 is 0 Å². The largest absolute Gasteiger partial charge is 0.488 e. The van der Waals surface area contributed by atoms with E-state index in [1.54, 1.807) is 7.11 Å². The molecule has 4 unspecified atom stereocenters. The summed E-state index contributed by atoms with van der Waals surface area (Å²) in [5.74, 6) is 1.56. The zero-order valence-corrected chi connectivity index (χ0v) is 13.8. The van der Waals surface area contributed by atoms with E-state index < -0.39 is 0 Å². The van der Waals surface area contributed by atoms with E-state index in [1.165, 1.54) is 12.0 Å². The maximum absolute atomic E-state index is 6.07. The van der Waals surface area contributed by atoms with Crippen LogP contribution in [0.15, 0.2) is 24.3 Å². The molecule has 0 aliphatic heterocycles. The van der Waals surface area contributed by atoms with Crippen LogP contribution in [0.25, 0.3) is 0 Å². The first-order valence-corrected chi connectivity index (χ1v) is 8.22. The first-order valence-electron chi connectivity index (χ1n) is 8.22. The van der Waals surface area contributed by atoms with Gasteiger partial charge >= 0.3 is 0 Å². The Morgan fingerprint density at radius 1 is 1.24 bits per heavy atom. The molecule has 0 aromatic heterocycles. The highest BCUT2D eigenvalue weighted by molar-refractivity contribution is 5.29. The van der Waals surface area contributed by atoms with Gasteiger partial charge in [-0.05, 0) is 43.0 Å². The molecule has 1 aromatic rings. The predicted octanol–water partition coefficient (Wildman–Crippen LogP) is 3.73. The van der Waals surface area contributed by atoms with Crippen molar-refractivity contribution in [1.29, 1.82) is 0 Å². The molecule has 21 heavy (non-hydrogen) atoms. The molecule has 1 aliphatic carbocycles. The average Bonchev–Trinajstić information content (AvgIpc) is 2.50. The van der Waals surface area contributed by atoms with Gasteiger partial charge in [-0.1, -0.05) is 32.9 Å². The molecule has 0 amide bonds. The molecule has 3 nitrogen and oxygen atoms in total. The first-order chi connectivity index (χ1) is 10.2. The number of hydrogen-bond donors (Lipinski definition) is 1. The number of rotatable bonds is 8. The second-order valence-corrected chi connectivity index (χ2v) is 6.03. The maximum Gasteiger partial charge on any atom is 0.128 e. The van der Waals surface area contributed by atoms with Gasteiger partial charge in [0.2, 0.25) is 0 Å². The van der Waals surface area contributed by atoms with Gasteiger partial charge in [-0.3, -0.25) is 0 Å². The van der Waals surface area contributed by atoms with Crippen molar-refractivity contribution in [3.05, 3.63) is 29.8 Å². The minimum atomic E-state index is 0.158. The second kappa shape index (κ2) is 7.81. The predicted molar refractivity (Wildman–Crippen MR) is 87.1 cm³/mol. The molecule has 118 valence electrons. The van der Waals surface area contributed by atoms with Gasteiger partial charge in [0.25, 0.3) is 0 Å². The van der Waals surface area contributed by atoms with Gasteiger partial charge in [0, 0.05) is 19.6 Å². The third-order valence-electron chi connectivity index (χ3n) is 4.53. The van der Waals surface area contributed by atoms with Crippen LogP contribution in [0.5, 0.6) is 5.75 Å². The Balaban J connectivity index is 1.87. The molecule has 1 saturated carbocycles. The molecule has 1 aliphatic rings. The number of benzene rings is 1. The molecule has 0 spiro atoms. The zero-order chi connectivity index (χ0) is 15.2.